The predicted molar refractivity (Wildman–Crippen MR) is 152 cm³/mol. The van der Waals surface area contributed by atoms with Gasteiger partial charge in [-0.15, -0.1) is 0 Å². The molecule has 0 aromatic heterocycles. The van der Waals surface area contributed by atoms with Crippen molar-refractivity contribution in [2.24, 2.45) is 0 Å². The van der Waals surface area contributed by atoms with Gasteiger partial charge in [0.2, 0.25) is 11.8 Å². The zero-order valence-electron chi connectivity index (χ0n) is 22.1. The number of rotatable bonds is 11. The number of carbonyl (C=O) groups is 2. The van der Waals surface area contributed by atoms with Crippen LogP contribution in [0.15, 0.2) is 77.7 Å². The van der Waals surface area contributed by atoms with Crippen LogP contribution in [-0.2, 0) is 26.2 Å². The van der Waals surface area contributed by atoms with Crippen LogP contribution in [0.25, 0.3) is 0 Å². The third kappa shape index (κ3) is 6.94. The smallest absolute Gasteiger partial charge is 0.264 e. The Kier molecular flexibility index (Phi) is 9.94. The topological polar surface area (TPSA) is 86.8 Å². The molecule has 0 radical (unpaired) electrons. The summed E-state index contributed by atoms with van der Waals surface area (Å²) in [7, 11) is -4.13. The number of sulfonamides is 1. The Bertz CT molecular complexity index is 1360. The normalized spacial score (nSPS) is 12.0. The number of nitrogens with one attached hydrogen (secondary N) is 1. The first-order valence-electron chi connectivity index (χ1n) is 12.5. The third-order valence-electron chi connectivity index (χ3n) is 6.25. The Morgan fingerprint density at radius 1 is 0.947 bits per heavy atom. The molecule has 0 aliphatic carbocycles. The molecule has 0 heterocycles. The van der Waals surface area contributed by atoms with Crippen LogP contribution >= 0.6 is 11.6 Å². The maximum Gasteiger partial charge on any atom is 0.264 e. The summed E-state index contributed by atoms with van der Waals surface area (Å²) >= 11 is 6.15. The summed E-state index contributed by atoms with van der Waals surface area (Å²) in [6.45, 7) is 7.35. The minimum atomic E-state index is -4.13. The molecule has 2 amide bonds. The zero-order chi connectivity index (χ0) is 27.9. The lowest BCUT2D eigenvalue weighted by molar-refractivity contribution is -0.140. The maximum absolute atomic E-state index is 14.0. The molecule has 0 spiro atoms. The molecule has 0 fully saturated rings. The van der Waals surface area contributed by atoms with E-state index >= 15 is 0 Å². The molecule has 3 aromatic carbocycles. The van der Waals surface area contributed by atoms with Gasteiger partial charge in [0.15, 0.2) is 0 Å². The number of aryl methyl sites for hydroxylation is 2. The Balaban J connectivity index is 2.08. The number of hydrogen-bond donors (Lipinski definition) is 1. The van der Waals surface area contributed by atoms with Crippen LogP contribution in [0.4, 0.5) is 5.69 Å². The molecule has 3 rings (SSSR count). The molecule has 3 aromatic rings. The number of carbonyl (C=O) groups excluding carboxylic acids is 2. The van der Waals surface area contributed by atoms with E-state index in [2.05, 4.69) is 5.32 Å². The molecule has 38 heavy (non-hydrogen) atoms. The van der Waals surface area contributed by atoms with Crippen LogP contribution in [0.1, 0.15) is 37.0 Å². The number of hydrogen-bond acceptors (Lipinski definition) is 4. The standard InChI is InChI=1S/C29H34ClN3O4S/c1-5-26(29(35)31-6-2)32(19-23-10-8-7-9-11-23)28(34)20-33(27-17-14-24(30)18-22(27)4)38(36,37)25-15-12-21(3)13-16-25/h7-18,26H,5-6,19-20H2,1-4H3,(H,31,35)/t26-/m1/s1. The number of anilines is 1. The lowest BCUT2D eigenvalue weighted by Gasteiger charge is -2.33. The molecule has 7 nitrogen and oxygen atoms in total. The summed E-state index contributed by atoms with van der Waals surface area (Å²) < 4.78 is 28.9. The molecular weight excluding hydrogens is 522 g/mol. The second-order valence-corrected chi connectivity index (χ2v) is 11.4. The number of benzene rings is 3. The van der Waals surface area contributed by atoms with Crippen molar-refractivity contribution in [3.63, 3.8) is 0 Å². The van der Waals surface area contributed by atoms with Gasteiger partial charge in [-0.2, -0.15) is 0 Å². The van der Waals surface area contributed by atoms with Gasteiger partial charge in [0, 0.05) is 18.1 Å². The van der Waals surface area contributed by atoms with Crippen LogP contribution in [0, 0.1) is 13.8 Å². The average Bonchev–Trinajstić information content (AvgIpc) is 2.88. The summed E-state index contributed by atoms with van der Waals surface area (Å²) in [4.78, 5) is 28.4. The molecule has 1 atom stereocenters. The lowest BCUT2D eigenvalue weighted by atomic mass is 10.1. The number of amides is 2. The highest BCUT2D eigenvalue weighted by molar-refractivity contribution is 7.92. The van der Waals surface area contributed by atoms with Crippen LogP contribution < -0.4 is 9.62 Å². The van der Waals surface area contributed by atoms with Gasteiger partial charge in [-0.25, -0.2) is 8.42 Å². The van der Waals surface area contributed by atoms with Gasteiger partial charge >= 0.3 is 0 Å². The van der Waals surface area contributed by atoms with Gasteiger partial charge < -0.3 is 10.2 Å². The van der Waals surface area contributed by atoms with Gasteiger partial charge in [-0.1, -0.05) is 66.6 Å². The summed E-state index contributed by atoms with van der Waals surface area (Å²) in [5.41, 5.74) is 2.69. The van der Waals surface area contributed by atoms with Gasteiger partial charge in [-0.05, 0) is 68.7 Å². The fraction of sp³-hybridized carbons (Fsp3) is 0.310. The van der Waals surface area contributed by atoms with E-state index in [4.69, 9.17) is 11.6 Å². The Labute approximate surface area is 230 Å². The Hall–Kier alpha value is -3.36. The quantitative estimate of drug-likeness (QED) is 0.357. The number of nitrogens with zero attached hydrogens (tertiary/aromatic N) is 2. The monoisotopic (exact) mass is 555 g/mol. The molecular formula is C29H34ClN3O4S. The van der Waals surface area contributed by atoms with E-state index in [9.17, 15) is 18.0 Å². The van der Waals surface area contributed by atoms with Crippen LogP contribution in [-0.4, -0.2) is 44.3 Å². The highest BCUT2D eigenvalue weighted by atomic mass is 35.5. The molecule has 0 saturated heterocycles. The van der Waals surface area contributed by atoms with E-state index in [-0.39, 0.29) is 17.3 Å². The fourth-order valence-electron chi connectivity index (χ4n) is 4.24. The minimum absolute atomic E-state index is 0.0654. The minimum Gasteiger partial charge on any atom is -0.355 e. The molecule has 0 aliphatic rings. The van der Waals surface area contributed by atoms with E-state index in [0.29, 0.717) is 29.2 Å². The first-order valence-corrected chi connectivity index (χ1v) is 14.4. The van der Waals surface area contributed by atoms with Gasteiger partial charge in [0.05, 0.1) is 10.6 Å². The molecule has 9 heteroatoms. The summed E-state index contributed by atoms with van der Waals surface area (Å²) in [6.07, 6.45) is 0.370. The molecule has 0 aliphatic heterocycles. The van der Waals surface area contributed by atoms with Crippen molar-refractivity contribution >= 4 is 39.1 Å². The van der Waals surface area contributed by atoms with Gasteiger partial charge in [0.1, 0.15) is 12.6 Å². The fourth-order valence-corrected chi connectivity index (χ4v) is 5.95. The summed E-state index contributed by atoms with van der Waals surface area (Å²) in [6, 6.07) is 19.9. The van der Waals surface area contributed by atoms with Crippen molar-refractivity contribution in [1.29, 1.82) is 0 Å². The van der Waals surface area contributed by atoms with Crippen LogP contribution in [0.3, 0.4) is 0 Å². The highest BCUT2D eigenvalue weighted by Gasteiger charge is 2.34. The predicted octanol–water partition coefficient (Wildman–Crippen LogP) is 5.10. The van der Waals surface area contributed by atoms with Crippen molar-refractivity contribution in [2.75, 3.05) is 17.4 Å². The van der Waals surface area contributed by atoms with Crippen LogP contribution in [0.5, 0.6) is 0 Å². The van der Waals surface area contributed by atoms with E-state index in [1.165, 1.54) is 17.0 Å². The maximum atomic E-state index is 14.0. The molecule has 202 valence electrons. The van der Waals surface area contributed by atoms with E-state index in [1.807, 2.05) is 51.1 Å². The van der Waals surface area contributed by atoms with E-state index in [0.717, 1.165) is 15.4 Å². The molecule has 0 bridgehead atoms. The molecule has 0 saturated carbocycles. The lowest BCUT2D eigenvalue weighted by Crippen LogP contribution is -2.52. The Morgan fingerprint density at radius 3 is 2.18 bits per heavy atom. The first-order chi connectivity index (χ1) is 18.1. The van der Waals surface area contributed by atoms with Gasteiger partial charge in [-0.3, -0.25) is 13.9 Å². The van der Waals surface area contributed by atoms with Crippen molar-refractivity contribution < 1.29 is 18.0 Å². The number of halogens is 1. The van der Waals surface area contributed by atoms with Gasteiger partial charge in [0.25, 0.3) is 10.0 Å². The third-order valence-corrected chi connectivity index (χ3v) is 8.26. The molecule has 0 unspecified atom stereocenters. The second kappa shape index (κ2) is 12.9. The number of likely N-dealkylation sites (N-methyl/N-ethyl adjacent to an activating group) is 1. The summed E-state index contributed by atoms with van der Waals surface area (Å²) in [5.74, 6) is -0.771. The van der Waals surface area contributed by atoms with Crippen LogP contribution in [0.2, 0.25) is 5.02 Å². The largest absolute Gasteiger partial charge is 0.355 e. The van der Waals surface area contributed by atoms with E-state index in [1.54, 1.807) is 37.3 Å². The first kappa shape index (κ1) is 29.2. The SMILES string of the molecule is CCNC(=O)[C@@H](CC)N(Cc1ccccc1)C(=O)CN(c1ccc(Cl)cc1C)S(=O)(=O)c1ccc(C)cc1. The summed E-state index contributed by atoms with van der Waals surface area (Å²) in [5, 5.41) is 3.26. The zero-order valence-corrected chi connectivity index (χ0v) is 23.7. The molecule has 1 N–H and O–H groups in total. The van der Waals surface area contributed by atoms with Crippen molar-refractivity contribution in [3.8, 4) is 0 Å². The second-order valence-electron chi connectivity index (χ2n) is 9.08. The van der Waals surface area contributed by atoms with Crippen molar-refractivity contribution in [3.05, 3.63) is 94.5 Å². The average molecular weight is 556 g/mol. The Morgan fingerprint density at radius 2 is 1.61 bits per heavy atom. The van der Waals surface area contributed by atoms with E-state index < -0.39 is 28.5 Å². The highest BCUT2D eigenvalue weighted by Crippen LogP contribution is 2.29. The van der Waals surface area contributed by atoms with Crippen molar-refractivity contribution in [2.45, 2.75) is 51.6 Å². The van der Waals surface area contributed by atoms with Crippen molar-refractivity contribution in [1.82, 2.24) is 10.2 Å².